The van der Waals surface area contributed by atoms with Crippen molar-refractivity contribution in [3.63, 3.8) is 0 Å². The van der Waals surface area contributed by atoms with E-state index in [1.165, 1.54) is 110 Å². The monoisotopic (exact) mass is 892 g/mol. The van der Waals surface area contributed by atoms with Crippen LogP contribution in [-0.4, -0.2) is 4.57 Å². The summed E-state index contributed by atoms with van der Waals surface area (Å²) in [6.07, 6.45) is 0. The lowest BCUT2D eigenvalue weighted by molar-refractivity contribution is 1.17. The van der Waals surface area contributed by atoms with Crippen molar-refractivity contribution < 1.29 is 0 Å². The van der Waals surface area contributed by atoms with E-state index in [2.05, 4.69) is 278 Å². The fourth-order valence-corrected chi connectivity index (χ4v) is 11.1. The van der Waals surface area contributed by atoms with Gasteiger partial charge in [-0.15, -0.1) is 0 Å². The number of anilines is 3. The lowest BCUT2D eigenvalue weighted by atomic mass is 9.83. The topological polar surface area (TPSA) is 8.17 Å². The third kappa shape index (κ3) is 6.87. The predicted octanol–water partition coefficient (Wildman–Crippen LogP) is 19.0. The number of fused-ring (bicyclic) bond motifs is 6. The van der Waals surface area contributed by atoms with Gasteiger partial charge in [-0.1, -0.05) is 182 Å². The van der Waals surface area contributed by atoms with Crippen LogP contribution in [0.4, 0.5) is 17.1 Å². The van der Waals surface area contributed by atoms with Crippen LogP contribution < -0.4 is 4.90 Å². The minimum Gasteiger partial charge on any atom is -0.310 e. The lowest BCUT2D eigenvalue weighted by Gasteiger charge is -2.29. The largest absolute Gasteiger partial charge is 0.310 e. The molecule has 0 saturated heterocycles. The number of benzene rings is 12. The number of para-hydroxylation sites is 1. The van der Waals surface area contributed by atoms with Crippen molar-refractivity contribution in [2.24, 2.45) is 0 Å². The van der Waals surface area contributed by atoms with Gasteiger partial charge in [0, 0.05) is 33.5 Å². The van der Waals surface area contributed by atoms with Crippen LogP contribution in [0.3, 0.4) is 0 Å². The molecule has 13 aromatic rings. The number of aromatic nitrogens is 1. The standard InChI is InChI=1S/C68H48N2/c1-45-42-66(46(2)41-61(45)68-59-30-16-14-28-57(59)67(58-29-15-17-31-60(58)68)56-32-18-24-49-23-12-13-27-55(49)56)69(52-25-10-5-11-26-52)53-35-37-54(38-36-53)70-64-39-33-50(47-19-6-3-7-20-47)43-62(64)63-44-51(34-40-65(63)70)48-21-8-4-9-22-48/h3-44H,1-2H3. The molecular weight excluding hydrogens is 845 g/mol. The second kappa shape index (κ2) is 17.0. The Bertz CT molecular complexity index is 3950. The second-order valence-corrected chi connectivity index (χ2v) is 18.5. The van der Waals surface area contributed by atoms with Gasteiger partial charge in [-0.05, 0) is 175 Å². The molecule has 0 N–H and O–H groups in total. The molecule has 0 aliphatic carbocycles. The van der Waals surface area contributed by atoms with Crippen LogP contribution in [0.25, 0.3) is 104 Å². The molecule has 0 unspecified atom stereocenters. The zero-order valence-electron chi connectivity index (χ0n) is 39.1. The van der Waals surface area contributed by atoms with Gasteiger partial charge in [0.15, 0.2) is 0 Å². The first kappa shape index (κ1) is 41.2. The molecule has 0 amide bonds. The van der Waals surface area contributed by atoms with E-state index in [1.54, 1.807) is 0 Å². The minimum absolute atomic E-state index is 1.10. The summed E-state index contributed by atoms with van der Waals surface area (Å²) in [6, 6.07) is 93.4. The Hall–Kier alpha value is -8.98. The summed E-state index contributed by atoms with van der Waals surface area (Å²) in [7, 11) is 0. The number of rotatable bonds is 8. The smallest absolute Gasteiger partial charge is 0.0541 e. The van der Waals surface area contributed by atoms with Gasteiger partial charge in [0.2, 0.25) is 0 Å². The van der Waals surface area contributed by atoms with E-state index in [9.17, 15) is 0 Å². The third-order valence-electron chi connectivity index (χ3n) is 14.4. The van der Waals surface area contributed by atoms with Crippen molar-refractivity contribution in [3.8, 4) is 50.2 Å². The highest BCUT2D eigenvalue weighted by atomic mass is 15.1. The van der Waals surface area contributed by atoms with Gasteiger partial charge < -0.3 is 9.47 Å². The Kier molecular flexibility index (Phi) is 9.99. The molecular formula is C68H48N2. The third-order valence-corrected chi connectivity index (χ3v) is 14.4. The summed E-state index contributed by atoms with van der Waals surface area (Å²) in [5, 5.41) is 10.0. The van der Waals surface area contributed by atoms with Gasteiger partial charge in [0.25, 0.3) is 0 Å². The summed E-state index contributed by atoms with van der Waals surface area (Å²) >= 11 is 0. The van der Waals surface area contributed by atoms with Crippen molar-refractivity contribution in [2.45, 2.75) is 13.8 Å². The molecule has 1 aromatic heterocycles. The lowest BCUT2D eigenvalue weighted by Crippen LogP contribution is -2.12. The van der Waals surface area contributed by atoms with E-state index in [0.717, 1.165) is 22.7 Å². The van der Waals surface area contributed by atoms with Crippen molar-refractivity contribution in [1.82, 2.24) is 4.57 Å². The minimum atomic E-state index is 1.10. The molecule has 0 saturated carbocycles. The Labute approximate surface area is 408 Å². The molecule has 13 rings (SSSR count). The molecule has 0 aliphatic heterocycles. The van der Waals surface area contributed by atoms with E-state index in [4.69, 9.17) is 0 Å². The fraction of sp³-hybridized carbons (Fsp3) is 0.0294. The van der Waals surface area contributed by atoms with Crippen LogP contribution in [0.2, 0.25) is 0 Å². The Morgan fingerprint density at radius 2 is 0.757 bits per heavy atom. The van der Waals surface area contributed by atoms with E-state index in [1.807, 2.05) is 0 Å². The van der Waals surface area contributed by atoms with E-state index in [-0.39, 0.29) is 0 Å². The van der Waals surface area contributed by atoms with E-state index >= 15 is 0 Å². The zero-order valence-corrected chi connectivity index (χ0v) is 39.1. The molecule has 1 heterocycles. The maximum absolute atomic E-state index is 2.43. The second-order valence-electron chi connectivity index (χ2n) is 18.5. The first-order chi connectivity index (χ1) is 34.6. The van der Waals surface area contributed by atoms with Crippen molar-refractivity contribution in [2.75, 3.05) is 4.90 Å². The first-order valence-corrected chi connectivity index (χ1v) is 24.3. The van der Waals surface area contributed by atoms with Crippen molar-refractivity contribution >= 4 is 71.2 Å². The molecule has 2 heteroatoms. The molecule has 0 atom stereocenters. The average Bonchev–Trinajstić information content (AvgIpc) is 3.75. The maximum Gasteiger partial charge on any atom is 0.0541 e. The molecule has 330 valence electrons. The predicted molar refractivity (Wildman–Crippen MR) is 299 cm³/mol. The van der Waals surface area contributed by atoms with Crippen molar-refractivity contribution in [1.29, 1.82) is 0 Å². The number of hydrogen-bond donors (Lipinski definition) is 0. The van der Waals surface area contributed by atoms with Gasteiger partial charge in [0.1, 0.15) is 0 Å². The van der Waals surface area contributed by atoms with Gasteiger partial charge in [-0.2, -0.15) is 0 Å². The first-order valence-electron chi connectivity index (χ1n) is 24.3. The Balaban J connectivity index is 0.947. The van der Waals surface area contributed by atoms with E-state index in [0.29, 0.717) is 0 Å². The number of aryl methyl sites for hydroxylation is 2. The van der Waals surface area contributed by atoms with Gasteiger partial charge >= 0.3 is 0 Å². The summed E-state index contributed by atoms with van der Waals surface area (Å²) < 4.78 is 2.43. The van der Waals surface area contributed by atoms with Crippen LogP contribution in [0, 0.1) is 13.8 Å². The van der Waals surface area contributed by atoms with Gasteiger partial charge in [0.05, 0.1) is 11.0 Å². The normalized spacial score (nSPS) is 11.6. The van der Waals surface area contributed by atoms with Crippen LogP contribution >= 0.6 is 0 Å². The molecule has 0 fully saturated rings. The molecule has 12 aromatic carbocycles. The Morgan fingerprint density at radius 1 is 0.300 bits per heavy atom. The van der Waals surface area contributed by atoms with Crippen molar-refractivity contribution in [3.05, 3.63) is 266 Å². The molecule has 70 heavy (non-hydrogen) atoms. The van der Waals surface area contributed by atoms with Gasteiger partial charge in [-0.25, -0.2) is 0 Å². The fourth-order valence-electron chi connectivity index (χ4n) is 11.1. The molecule has 0 radical (unpaired) electrons. The quantitative estimate of drug-likeness (QED) is 0.138. The number of hydrogen-bond acceptors (Lipinski definition) is 1. The van der Waals surface area contributed by atoms with E-state index < -0.39 is 0 Å². The summed E-state index contributed by atoms with van der Waals surface area (Å²) in [5.41, 5.74) is 19.2. The maximum atomic E-state index is 2.43. The van der Waals surface area contributed by atoms with Crippen LogP contribution in [0.5, 0.6) is 0 Å². The molecule has 0 bridgehead atoms. The summed E-state index contributed by atoms with van der Waals surface area (Å²) in [5.74, 6) is 0. The molecule has 0 aliphatic rings. The average molecular weight is 893 g/mol. The van der Waals surface area contributed by atoms with Crippen LogP contribution in [0.1, 0.15) is 11.1 Å². The van der Waals surface area contributed by atoms with Gasteiger partial charge in [-0.3, -0.25) is 0 Å². The SMILES string of the molecule is Cc1cc(N(c2ccccc2)c2ccc(-n3c4ccc(-c5ccccc5)cc4c4cc(-c5ccccc5)ccc43)cc2)c(C)cc1-c1c2ccccc2c(-c2cccc3ccccc23)c2ccccc12. The molecule has 2 nitrogen and oxygen atoms in total. The highest BCUT2D eigenvalue weighted by Gasteiger charge is 2.23. The highest BCUT2D eigenvalue weighted by molar-refractivity contribution is 6.24. The Morgan fingerprint density at radius 3 is 1.31 bits per heavy atom. The van der Waals surface area contributed by atoms with Crippen LogP contribution in [-0.2, 0) is 0 Å². The summed E-state index contributed by atoms with van der Waals surface area (Å²) in [6.45, 7) is 4.55. The number of nitrogens with zero attached hydrogens (tertiary/aromatic N) is 2. The summed E-state index contributed by atoms with van der Waals surface area (Å²) in [4.78, 5) is 2.42. The zero-order chi connectivity index (χ0) is 46.7. The van der Waals surface area contributed by atoms with Crippen LogP contribution in [0.15, 0.2) is 255 Å². The molecule has 0 spiro atoms. The highest BCUT2D eigenvalue weighted by Crippen LogP contribution is 2.48.